The molecule has 6 nitrogen and oxygen atoms in total. The number of rotatable bonds is 2. The van der Waals surface area contributed by atoms with E-state index in [0.29, 0.717) is 28.6 Å². The smallest absolute Gasteiger partial charge is 0.323 e. The summed E-state index contributed by atoms with van der Waals surface area (Å²) in [5, 5.41) is 16.6. The number of urea groups is 1. The third kappa shape index (κ3) is 2.47. The molecule has 1 saturated heterocycles. The summed E-state index contributed by atoms with van der Waals surface area (Å²) in [7, 11) is 0. The van der Waals surface area contributed by atoms with E-state index in [2.05, 4.69) is 30.3 Å². The van der Waals surface area contributed by atoms with Crippen molar-refractivity contribution in [2.45, 2.75) is 27.7 Å². The number of hydrogen-bond donors (Lipinski definition) is 1. The summed E-state index contributed by atoms with van der Waals surface area (Å²) >= 11 is 0. The van der Waals surface area contributed by atoms with Gasteiger partial charge in [0.1, 0.15) is 5.82 Å². The molecule has 1 N–H and O–H groups in total. The molecule has 2 aliphatic rings. The van der Waals surface area contributed by atoms with Crippen molar-refractivity contribution < 1.29 is 4.79 Å². The number of hydrogen-bond acceptors (Lipinski definition) is 3. The van der Waals surface area contributed by atoms with Crippen molar-refractivity contribution in [2.24, 2.45) is 17.3 Å². The zero-order valence-corrected chi connectivity index (χ0v) is 15.6. The van der Waals surface area contributed by atoms with Crippen LogP contribution in [0.4, 0.5) is 10.6 Å². The molecular weight excluding hydrogens is 326 g/mol. The van der Waals surface area contributed by atoms with Crippen molar-refractivity contribution in [3.8, 4) is 11.8 Å². The third-order valence-electron chi connectivity index (χ3n) is 6.24. The molecule has 1 aliphatic heterocycles. The first kappa shape index (κ1) is 16.6. The van der Waals surface area contributed by atoms with Crippen LogP contribution in [0.2, 0.25) is 0 Å². The molecule has 2 fully saturated rings. The molecule has 0 unspecified atom stereocenters. The van der Waals surface area contributed by atoms with Gasteiger partial charge in [0.15, 0.2) is 0 Å². The normalized spacial score (nSPS) is 22.7. The van der Waals surface area contributed by atoms with E-state index >= 15 is 0 Å². The first-order chi connectivity index (χ1) is 12.3. The molecule has 1 aliphatic carbocycles. The standard InChI is InChI=1S/C20H23N5O/c1-12-13(2)23-25(15-7-5-14(9-21)6-8-15)18(12)22-19(26)24-10-16-17(11-24)20(16,3)4/h5-8,16-17H,10-11H2,1-4H3,(H,22,26)/t16-,17-/m0/s1. The Morgan fingerprint density at radius 1 is 1.23 bits per heavy atom. The third-order valence-corrected chi connectivity index (χ3v) is 6.24. The lowest BCUT2D eigenvalue weighted by atomic mass is 10.1. The molecule has 1 aromatic heterocycles. The average Bonchev–Trinajstić information content (AvgIpc) is 3.00. The van der Waals surface area contributed by atoms with Crippen molar-refractivity contribution >= 4 is 11.8 Å². The highest BCUT2D eigenvalue weighted by molar-refractivity contribution is 5.90. The van der Waals surface area contributed by atoms with Crippen molar-refractivity contribution in [3.63, 3.8) is 0 Å². The Kier molecular flexibility index (Phi) is 3.58. The number of piperidine rings is 1. The van der Waals surface area contributed by atoms with Gasteiger partial charge in [-0.25, -0.2) is 9.48 Å². The van der Waals surface area contributed by atoms with E-state index in [0.717, 1.165) is 30.0 Å². The number of nitriles is 1. The highest BCUT2D eigenvalue weighted by atomic mass is 16.2. The van der Waals surface area contributed by atoms with Gasteiger partial charge in [-0.15, -0.1) is 0 Å². The average molecular weight is 349 g/mol. The lowest BCUT2D eigenvalue weighted by Gasteiger charge is -2.23. The lowest BCUT2D eigenvalue weighted by molar-refractivity contribution is 0.209. The van der Waals surface area contributed by atoms with Crippen molar-refractivity contribution in [2.75, 3.05) is 18.4 Å². The van der Waals surface area contributed by atoms with E-state index in [4.69, 9.17) is 5.26 Å². The number of amides is 2. The van der Waals surface area contributed by atoms with E-state index < -0.39 is 0 Å². The first-order valence-corrected chi connectivity index (χ1v) is 8.95. The number of fused-ring (bicyclic) bond motifs is 1. The van der Waals surface area contributed by atoms with Crippen molar-refractivity contribution in [3.05, 3.63) is 41.1 Å². The maximum absolute atomic E-state index is 12.8. The minimum Gasteiger partial charge on any atom is -0.324 e. The maximum Gasteiger partial charge on any atom is 0.323 e. The summed E-state index contributed by atoms with van der Waals surface area (Å²) in [6.07, 6.45) is 0. The monoisotopic (exact) mass is 349 g/mol. The molecule has 2 heterocycles. The maximum atomic E-state index is 12.8. The van der Waals surface area contributed by atoms with Gasteiger partial charge in [-0.05, 0) is 55.4 Å². The number of nitrogens with zero attached hydrogens (tertiary/aromatic N) is 4. The number of anilines is 1. The fourth-order valence-electron chi connectivity index (χ4n) is 4.09. The predicted molar refractivity (Wildman–Crippen MR) is 99.1 cm³/mol. The molecule has 26 heavy (non-hydrogen) atoms. The van der Waals surface area contributed by atoms with Crippen molar-refractivity contribution in [1.82, 2.24) is 14.7 Å². The second kappa shape index (κ2) is 5.60. The van der Waals surface area contributed by atoms with Crippen LogP contribution < -0.4 is 5.32 Å². The van der Waals surface area contributed by atoms with Crippen LogP contribution in [0.1, 0.15) is 30.7 Å². The zero-order chi connectivity index (χ0) is 18.6. The molecule has 4 rings (SSSR count). The topological polar surface area (TPSA) is 74.0 Å². The largest absolute Gasteiger partial charge is 0.324 e. The van der Waals surface area contributed by atoms with E-state index in [1.165, 1.54) is 0 Å². The fourth-order valence-corrected chi connectivity index (χ4v) is 4.09. The Labute approximate surface area is 153 Å². The minimum absolute atomic E-state index is 0.0640. The van der Waals surface area contributed by atoms with Gasteiger partial charge in [0, 0.05) is 18.7 Å². The second-order valence-electron chi connectivity index (χ2n) is 8.00. The Morgan fingerprint density at radius 3 is 2.42 bits per heavy atom. The van der Waals surface area contributed by atoms with E-state index in [-0.39, 0.29) is 6.03 Å². The van der Waals surface area contributed by atoms with Crippen LogP contribution >= 0.6 is 0 Å². The Morgan fingerprint density at radius 2 is 1.85 bits per heavy atom. The molecule has 0 radical (unpaired) electrons. The molecule has 0 spiro atoms. The minimum atomic E-state index is -0.0640. The molecule has 1 aromatic carbocycles. The van der Waals surface area contributed by atoms with Crippen LogP contribution in [-0.4, -0.2) is 33.8 Å². The van der Waals surface area contributed by atoms with Gasteiger partial charge >= 0.3 is 6.03 Å². The summed E-state index contributed by atoms with van der Waals surface area (Å²) in [5.41, 5.74) is 3.62. The molecule has 2 amide bonds. The van der Waals surface area contributed by atoms with Gasteiger partial charge in [-0.3, -0.25) is 5.32 Å². The van der Waals surface area contributed by atoms with Gasteiger partial charge in [0.25, 0.3) is 0 Å². The lowest BCUT2D eigenvalue weighted by Crippen LogP contribution is -2.36. The van der Waals surface area contributed by atoms with E-state index in [1.807, 2.05) is 30.9 Å². The quantitative estimate of drug-likeness (QED) is 0.902. The number of nitrogens with one attached hydrogen (secondary N) is 1. The van der Waals surface area contributed by atoms with Gasteiger partial charge in [0.2, 0.25) is 0 Å². The number of aryl methyl sites for hydroxylation is 1. The first-order valence-electron chi connectivity index (χ1n) is 8.95. The van der Waals surface area contributed by atoms with Gasteiger partial charge in [-0.1, -0.05) is 13.8 Å². The summed E-state index contributed by atoms with van der Waals surface area (Å²) in [6.45, 7) is 10.1. The summed E-state index contributed by atoms with van der Waals surface area (Å²) in [4.78, 5) is 14.7. The fraction of sp³-hybridized carbons (Fsp3) is 0.450. The van der Waals surface area contributed by atoms with Crippen LogP contribution in [0.5, 0.6) is 0 Å². The van der Waals surface area contributed by atoms with Crippen LogP contribution in [0.3, 0.4) is 0 Å². The Hall–Kier alpha value is -2.81. The second-order valence-corrected chi connectivity index (χ2v) is 8.00. The Balaban J connectivity index is 1.57. The predicted octanol–water partition coefficient (Wildman–Crippen LogP) is 3.48. The van der Waals surface area contributed by atoms with Crippen molar-refractivity contribution in [1.29, 1.82) is 5.26 Å². The molecule has 1 saturated carbocycles. The van der Waals surface area contributed by atoms with E-state index in [9.17, 15) is 4.79 Å². The highest BCUT2D eigenvalue weighted by Crippen LogP contribution is 2.61. The molecule has 134 valence electrons. The molecular formula is C20H23N5O. The van der Waals surface area contributed by atoms with Gasteiger partial charge < -0.3 is 4.90 Å². The molecule has 6 heteroatoms. The van der Waals surface area contributed by atoms with Crippen LogP contribution in [-0.2, 0) is 0 Å². The number of aromatic nitrogens is 2. The number of likely N-dealkylation sites (tertiary alicyclic amines) is 1. The molecule has 2 atom stereocenters. The van der Waals surface area contributed by atoms with Crippen LogP contribution in [0.15, 0.2) is 24.3 Å². The van der Waals surface area contributed by atoms with Gasteiger partial charge in [0.05, 0.1) is 23.0 Å². The zero-order valence-electron chi connectivity index (χ0n) is 15.6. The summed E-state index contributed by atoms with van der Waals surface area (Å²) in [6, 6.07) is 9.24. The highest BCUT2D eigenvalue weighted by Gasteiger charge is 2.62. The van der Waals surface area contributed by atoms with Gasteiger partial charge in [-0.2, -0.15) is 10.4 Å². The Bertz CT molecular complexity index is 905. The molecule has 2 aromatic rings. The number of carbonyl (C=O) groups is 1. The summed E-state index contributed by atoms with van der Waals surface area (Å²) in [5.74, 6) is 1.94. The summed E-state index contributed by atoms with van der Waals surface area (Å²) < 4.78 is 1.74. The van der Waals surface area contributed by atoms with Crippen LogP contribution in [0.25, 0.3) is 5.69 Å². The number of benzene rings is 1. The SMILES string of the molecule is Cc1nn(-c2ccc(C#N)cc2)c(NC(=O)N2C[C@H]3[C@H](C2)C3(C)C)c1C. The van der Waals surface area contributed by atoms with E-state index in [1.54, 1.807) is 16.8 Å². The molecule has 0 bridgehead atoms. The number of carbonyl (C=O) groups excluding carboxylic acids is 1. The van der Waals surface area contributed by atoms with Crippen LogP contribution in [0, 0.1) is 42.4 Å².